The van der Waals surface area contributed by atoms with Crippen LogP contribution in [0.25, 0.3) is 5.69 Å². The number of hydrogen-bond acceptors (Lipinski definition) is 6. The number of hydrogen-bond donors (Lipinski definition) is 3. The molecule has 1 atom stereocenters. The Morgan fingerprint density at radius 3 is 2.56 bits per heavy atom. The molecule has 10 nitrogen and oxygen atoms in total. The van der Waals surface area contributed by atoms with Crippen LogP contribution in [0.5, 0.6) is 11.5 Å². The lowest BCUT2D eigenvalue weighted by Crippen LogP contribution is -2.31. The lowest BCUT2D eigenvalue weighted by molar-refractivity contribution is 0.205. The van der Waals surface area contributed by atoms with Crippen LogP contribution in [-0.4, -0.2) is 44.0 Å². The summed E-state index contributed by atoms with van der Waals surface area (Å²) in [6.45, 7) is 3.93. The zero-order chi connectivity index (χ0) is 28.3. The zero-order valence-corrected chi connectivity index (χ0v) is 21.8. The van der Waals surface area contributed by atoms with E-state index in [-0.39, 0.29) is 22.8 Å². The Labute approximate surface area is 223 Å². The molecule has 4 aromatic rings. The highest BCUT2D eigenvalue weighted by Crippen LogP contribution is 2.31. The van der Waals surface area contributed by atoms with Crippen molar-refractivity contribution < 1.29 is 23.4 Å². The number of rotatable bonds is 8. The second-order valence-corrected chi connectivity index (χ2v) is 8.71. The summed E-state index contributed by atoms with van der Waals surface area (Å²) >= 11 is 0. The number of aromatic nitrogens is 3. The number of carbonyl (C=O) groups is 1. The highest BCUT2D eigenvalue weighted by Gasteiger charge is 2.24. The smallest absolute Gasteiger partial charge is 0.322 e. The van der Waals surface area contributed by atoms with Crippen LogP contribution < -0.4 is 20.9 Å². The molecule has 0 aliphatic carbocycles. The predicted octanol–water partition coefficient (Wildman–Crippen LogP) is 4.54. The highest BCUT2D eigenvalue weighted by atomic mass is 19.1. The Balaban J connectivity index is 1.54. The van der Waals surface area contributed by atoms with Gasteiger partial charge >= 0.3 is 6.03 Å². The Morgan fingerprint density at radius 2 is 1.87 bits per heavy atom. The topological polar surface area (TPSA) is 114 Å². The van der Waals surface area contributed by atoms with E-state index in [0.29, 0.717) is 17.9 Å². The van der Waals surface area contributed by atoms with Gasteiger partial charge in [0.25, 0.3) is 5.56 Å². The Morgan fingerprint density at radius 1 is 1.15 bits per heavy atom. The van der Waals surface area contributed by atoms with E-state index in [0.717, 1.165) is 12.1 Å². The van der Waals surface area contributed by atoms with Crippen molar-refractivity contribution in [2.24, 2.45) is 7.05 Å². The van der Waals surface area contributed by atoms with Crippen molar-refractivity contribution in [1.82, 2.24) is 19.2 Å². The first-order valence-corrected chi connectivity index (χ1v) is 12.0. The Hall–Kier alpha value is -4.71. The number of nitrogens with one attached hydrogen (secondary N) is 2. The third-order valence-electron chi connectivity index (χ3n) is 6.20. The largest absolute Gasteiger partial charge is 0.454 e. The third kappa shape index (κ3) is 5.75. The number of amides is 2. The third-order valence-corrected chi connectivity index (χ3v) is 6.20. The molecule has 0 radical (unpaired) electrons. The van der Waals surface area contributed by atoms with Gasteiger partial charge in [-0.1, -0.05) is 18.2 Å². The van der Waals surface area contributed by atoms with Crippen molar-refractivity contribution in [3.63, 3.8) is 0 Å². The van der Waals surface area contributed by atoms with Crippen molar-refractivity contribution in [1.29, 1.82) is 0 Å². The van der Waals surface area contributed by atoms with E-state index in [1.165, 1.54) is 27.9 Å². The number of para-hydroxylation sites is 1. The molecule has 0 aliphatic rings. The fourth-order valence-electron chi connectivity index (χ4n) is 3.86. The molecular weight excluding hydrogens is 510 g/mol. The maximum absolute atomic E-state index is 15.0. The minimum atomic E-state index is -1.62. The average Bonchev–Trinajstić information content (AvgIpc) is 3.14. The summed E-state index contributed by atoms with van der Waals surface area (Å²) in [6.07, 6.45) is -0.274. The van der Waals surface area contributed by atoms with Crippen molar-refractivity contribution in [3.8, 4) is 17.2 Å². The monoisotopic (exact) mass is 538 g/mol. The number of pyridine rings is 1. The number of ether oxygens (including phenoxy) is 1. The number of benzene rings is 2. The molecule has 204 valence electrons. The average molecular weight is 539 g/mol. The Bertz CT molecular complexity index is 1550. The minimum absolute atomic E-state index is 0.0124. The van der Waals surface area contributed by atoms with Gasteiger partial charge in [0, 0.05) is 50.7 Å². The molecule has 0 bridgehead atoms. The van der Waals surface area contributed by atoms with Crippen molar-refractivity contribution >= 4 is 17.5 Å². The molecule has 39 heavy (non-hydrogen) atoms. The molecule has 12 heteroatoms. The maximum atomic E-state index is 15.0. The van der Waals surface area contributed by atoms with Gasteiger partial charge in [0.15, 0.2) is 17.8 Å². The van der Waals surface area contributed by atoms with E-state index in [9.17, 15) is 23.5 Å². The van der Waals surface area contributed by atoms with Crippen LogP contribution in [0.4, 0.5) is 25.1 Å². The van der Waals surface area contributed by atoms with Crippen molar-refractivity contribution in [2.75, 3.05) is 24.2 Å². The van der Waals surface area contributed by atoms with Gasteiger partial charge in [-0.2, -0.15) is 0 Å². The van der Waals surface area contributed by atoms with Crippen molar-refractivity contribution in [2.45, 2.75) is 20.1 Å². The number of carbonyl (C=O) groups excluding carboxylic acids is 1. The minimum Gasteiger partial charge on any atom is -0.454 e. The number of halogens is 2. The summed E-state index contributed by atoms with van der Waals surface area (Å²) in [5.41, 5.74) is 0.137. The van der Waals surface area contributed by atoms with E-state index < -0.39 is 35.2 Å². The molecule has 3 N–H and O–H groups in total. The van der Waals surface area contributed by atoms with Crippen LogP contribution >= 0.6 is 0 Å². The summed E-state index contributed by atoms with van der Waals surface area (Å²) in [5.74, 6) is -2.00. The van der Waals surface area contributed by atoms with E-state index in [1.807, 2.05) is 13.0 Å². The molecule has 2 aromatic carbocycles. The van der Waals surface area contributed by atoms with Gasteiger partial charge < -0.3 is 20.1 Å². The first-order chi connectivity index (χ1) is 18.6. The van der Waals surface area contributed by atoms with Gasteiger partial charge in [-0.25, -0.2) is 23.2 Å². The molecule has 4 rings (SSSR count). The summed E-state index contributed by atoms with van der Waals surface area (Å²) in [5, 5.41) is 15.8. The summed E-state index contributed by atoms with van der Waals surface area (Å²) in [6, 6.07) is 12.9. The van der Waals surface area contributed by atoms with Gasteiger partial charge in [-0.3, -0.25) is 14.8 Å². The number of aliphatic hydroxyl groups is 1. The number of aliphatic hydroxyl groups excluding tert-OH is 1. The Kier molecular flexibility index (Phi) is 7.96. The molecule has 0 saturated carbocycles. The summed E-state index contributed by atoms with van der Waals surface area (Å²) in [4.78, 5) is 30.6. The number of urea groups is 1. The van der Waals surface area contributed by atoms with Crippen LogP contribution in [0.3, 0.4) is 0 Å². The van der Waals surface area contributed by atoms with Crippen LogP contribution in [0.15, 0.2) is 65.6 Å². The van der Waals surface area contributed by atoms with E-state index in [4.69, 9.17) is 4.74 Å². The standard InChI is InChI=1S/C27H28F2N6O4/c1-5-33(3)27(38)32-23-13-18(11-12-30-23)39-22-15-19(28)21(14-20(22)29)31-25(36)24-16(2)34(4)35(26(24)37)17-9-7-6-8-10-17/h6-15,25,31,36H,5H2,1-4H3,(H,30,32,38). The van der Waals surface area contributed by atoms with E-state index in [2.05, 4.69) is 15.6 Å². The molecular formula is C27H28F2N6O4. The van der Waals surface area contributed by atoms with Gasteiger partial charge in [0.05, 0.1) is 16.9 Å². The fourth-order valence-corrected chi connectivity index (χ4v) is 3.86. The fraction of sp³-hybridized carbons (Fsp3) is 0.222. The lowest BCUT2D eigenvalue weighted by atomic mass is 10.2. The second-order valence-electron chi connectivity index (χ2n) is 8.71. The van der Waals surface area contributed by atoms with Crippen LogP contribution in [0.2, 0.25) is 0 Å². The molecule has 0 saturated heterocycles. The predicted molar refractivity (Wildman–Crippen MR) is 142 cm³/mol. The molecule has 2 heterocycles. The summed E-state index contributed by atoms with van der Waals surface area (Å²) < 4.78 is 38.3. The molecule has 0 aliphatic heterocycles. The number of nitrogens with zero attached hydrogens (tertiary/aromatic N) is 4. The van der Waals surface area contributed by atoms with Gasteiger partial charge in [-0.15, -0.1) is 0 Å². The normalized spacial score (nSPS) is 11.7. The van der Waals surface area contributed by atoms with Gasteiger partial charge in [0.1, 0.15) is 17.4 Å². The molecule has 1 unspecified atom stereocenters. The molecule has 0 fully saturated rings. The van der Waals surface area contributed by atoms with Crippen molar-refractivity contribution in [3.05, 3.63) is 94.0 Å². The quantitative estimate of drug-likeness (QED) is 0.284. The highest BCUT2D eigenvalue weighted by molar-refractivity contribution is 5.88. The first-order valence-electron chi connectivity index (χ1n) is 12.0. The van der Waals surface area contributed by atoms with Crippen LogP contribution in [-0.2, 0) is 7.05 Å². The molecule has 2 amide bonds. The lowest BCUT2D eigenvalue weighted by Gasteiger charge is -2.16. The van der Waals surface area contributed by atoms with Gasteiger partial charge in [-0.05, 0) is 32.0 Å². The maximum Gasteiger partial charge on any atom is 0.322 e. The summed E-state index contributed by atoms with van der Waals surface area (Å²) in [7, 11) is 3.27. The van der Waals surface area contributed by atoms with Crippen LogP contribution in [0.1, 0.15) is 24.4 Å². The number of anilines is 2. The molecule has 0 spiro atoms. The van der Waals surface area contributed by atoms with E-state index >= 15 is 0 Å². The van der Waals surface area contributed by atoms with Crippen LogP contribution in [0, 0.1) is 18.6 Å². The SMILES string of the molecule is CCN(C)C(=O)Nc1cc(Oc2cc(F)c(NC(O)c3c(C)n(C)n(-c4ccccc4)c3=O)cc2F)ccn1. The van der Waals surface area contributed by atoms with E-state index in [1.54, 1.807) is 50.0 Å². The van der Waals surface area contributed by atoms with Gasteiger partial charge in [0.2, 0.25) is 0 Å². The first kappa shape index (κ1) is 27.3. The molecule has 2 aromatic heterocycles. The second kappa shape index (κ2) is 11.4. The zero-order valence-electron chi connectivity index (χ0n) is 21.8.